The molecule has 4 fully saturated rings. The van der Waals surface area contributed by atoms with Crippen LogP contribution in [0.15, 0.2) is 35.7 Å². The van der Waals surface area contributed by atoms with E-state index in [0.29, 0.717) is 17.6 Å². The first kappa shape index (κ1) is 17.3. The van der Waals surface area contributed by atoms with Crippen molar-refractivity contribution in [3.05, 3.63) is 36.2 Å². The van der Waals surface area contributed by atoms with Gasteiger partial charge in [-0.1, -0.05) is 23.9 Å². The minimum Gasteiger partial charge on any atom is -0.326 e. The van der Waals surface area contributed by atoms with Crippen molar-refractivity contribution in [1.82, 2.24) is 15.2 Å². The molecule has 4 saturated carbocycles. The number of thioether (sulfide) groups is 1. The predicted molar refractivity (Wildman–Crippen MR) is 107 cm³/mol. The molecule has 1 amide bonds. The predicted octanol–water partition coefficient (Wildman–Crippen LogP) is 4.39. The molecular formula is C21H26N4OS. The molecule has 4 aliphatic carbocycles. The van der Waals surface area contributed by atoms with Crippen LogP contribution >= 0.6 is 11.8 Å². The second kappa shape index (κ2) is 6.97. The molecule has 1 aromatic heterocycles. The Balaban J connectivity index is 1.19. The van der Waals surface area contributed by atoms with Gasteiger partial charge in [0.15, 0.2) is 5.16 Å². The normalized spacial score (nSPS) is 31.2. The Kier molecular flexibility index (Phi) is 4.46. The highest BCUT2D eigenvalue weighted by atomic mass is 32.2. The number of aromatic amines is 1. The van der Waals surface area contributed by atoms with E-state index in [0.717, 1.165) is 28.6 Å². The number of H-pyrrole nitrogens is 1. The van der Waals surface area contributed by atoms with Crippen LogP contribution in [-0.4, -0.2) is 26.8 Å². The topological polar surface area (TPSA) is 70.7 Å². The lowest BCUT2D eigenvalue weighted by molar-refractivity contribution is -0.115. The zero-order valence-electron chi connectivity index (χ0n) is 15.5. The minimum atomic E-state index is 0.0459. The van der Waals surface area contributed by atoms with E-state index in [2.05, 4.69) is 44.8 Å². The number of aromatic nitrogens is 3. The molecular weight excluding hydrogens is 356 g/mol. The summed E-state index contributed by atoms with van der Waals surface area (Å²) in [5.41, 5.74) is 2.82. The Morgan fingerprint density at radius 3 is 2.37 bits per heavy atom. The highest BCUT2D eigenvalue weighted by molar-refractivity contribution is 7.99. The first-order chi connectivity index (χ1) is 13.2. The SMILES string of the molecule is O=C(CCSc1nnc[nH]1)Nc1ccc(C23CC4CC(CC(C4)C2)C3)cc1. The van der Waals surface area contributed by atoms with Crippen LogP contribution in [0.5, 0.6) is 0 Å². The van der Waals surface area contributed by atoms with Gasteiger partial charge in [-0.15, -0.1) is 10.2 Å². The minimum absolute atomic E-state index is 0.0459. The quantitative estimate of drug-likeness (QED) is 0.727. The zero-order chi connectivity index (χ0) is 18.3. The smallest absolute Gasteiger partial charge is 0.225 e. The third-order valence-corrected chi connectivity index (χ3v) is 7.66. The van der Waals surface area contributed by atoms with Crippen LogP contribution in [0, 0.1) is 17.8 Å². The number of anilines is 1. The van der Waals surface area contributed by atoms with E-state index < -0.39 is 0 Å². The molecule has 0 saturated heterocycles. The van der Waals surface area contributed by atoms with Crippen molar-refractivity contribution < 1.29 is 4.79 Å². The number of amides is 1. The monoisotopic (exact) mass is 382 g/mol. The van der Waals surface area contributed by atoms with Crippen LogP contribution in [0.2, 0.25) is 0 Å². The molecule has 1 heterocycles. The van der Waals surface area contributed by atoms with Crippen molar-refractivity contribution in [2.45, 2.75) is 55.5 Å². The number of nitrogens with one attached hydrogen (secondary N) is 2. The van der Waals surface area contributed by atoms with Crippen molar-refractivity contribution in [3.8, 4) is 0 Å². The van der Waals surface area contributed by atoms with Crippen LogP contribution in [-0.2, 0) is 10.2 Å². The summed E-state index contributed by atoms with van der Waals surface area (Å²) < 4.78 is 0. The number of rotatable bonds is 6. The molecule has 0 spiro atoms. The molecule has 0 atom stereocenters. The van der Waals surface area contributed by atoms with E-state index in [1.54, 1.807) is 6.33 Å². The third-order valence-electron chi connectivity index (χ3n) is 6.78. The Morgan fingerprint density at radius 2 is 1.78 bits per heavy atom. The molecule has 4 aliphatic rings. The Bertz CT molecular complexity index is 767. The van der Waals surface area contributed by atoms with Crippen LogP contribution in [0.1, 0.15) is 50.5 Å². The van der Waals surface area contributed by atoms with Crippen LogP contribution in [0.4, 0.5) is 5.69 Å². The van der Waals surface area contributed by atoms with Gasteiger partial charge < -0.3 is 10.3 Å². The summed E-state index contributed by atoms with van der Waals surface area (Å²) in [5.74, 6) is 3.60. The molecule has 0 radical (unpaired) electrons. The van der Waals surface area contributed by atoms with Gasteiger partial charge in [0.25, 0.3) is 0 Å². The molecule has 142 valence electrons. The summed E-state index contributed by atoms with van der Waals surface area (Å²) in [6.07, 6.45) is 10.6. The zero-order valence-corrected chi connectivity index (χ0v) is 16.3. The summed E-state index contributed by atoms with van der Waals surface area (Å²) in [5, 5.41) is 11.4. The summed E-state index contributed by atoms with van der Waals surface area (Å²) in [7, 11) is 0. The Hall–Kier alpha value is -1.82. The second-order valence-electron chi connectivity index (χ2n) is 8.72. The lowest BCUT2D eigenvalue weighted by atomic mass is 9.48. The van der Waals surface area contributed by atoms with Crippen molar-refractivity contribution in [2.75, 3.05) is 11.1 Å². The first-order valence-electron chi connectivity index (χ1n) is 10.1. The van der Waals surface area contributed by atoms with Gasteiger partial charge in [0.2, 0.25) is 5.91 Å². The molecule has 0 aliphatic heterocycles. The van der Waals surface area contributed by atoms with Crippen molar-refractivity contribution in [2.24, 2.45) is 17.8 Å². The van der Waals surface area contributed by atoms with Gasteiger partial charge in [0, 0.05) is 17.9 Å². The Morgan fingerprint density at radius 1 is 1.11 bits per heavy atom. The fourth-order valence-electron chi connectivity index (χ4n) is 6.10. The number of nitrogens with zero attached hydrogens (tertiary/aromatic N) is 2. The first-order valence-corrected chi connectivity index (χ1v) is 11.1. The molecule has 6 rings (SSSR count). The van der Waals surface area contributed by atoms with Gasteiger partial charge in [0.1, 0.15) is 6.33 Å². The molecule has 6 heteroatoms. The number of hydrogen-bond acceptors (Lipinski definition) is 4. The molecule has 5 nitrogen and oxygen atoms in total. The molecule has 1 aromatic carbocycles. The van der Waals surface area contributed by atoms with Gasteiger partial charge >= 0.3 is 0 Å². The van der Waals surface area contributed by atoms with Gasteiger partial charge in [-0.25, -0.2) is 0 Å². The summed E-state index contributed by atoms with van der Waals surface area (Å²) in [6.45, 7) is 0. The fraction of sp³-hybridized carbons (Fsp3) is 0.571. The van der Waals surface area contributed by atoms with E-state index in [4.69, 9.17) is 0 Å². The highest BCUT2D eigenvalue weighted by Gasteiger charge is 2.51. The third kappa shape index (κ3) is 3.51. The average molecular weight is 383 g/mol. The second-order valence-corrected chi connectivity index (χ2v) is 9.80. The average Bonchev–Trinajstić information content (AvgIpc) is 3.14. The number of carbonyl (C=O) groups excluding carboxylic acids is 1. The van der Waals surface area contributed by atoms with Gasteiger partial charge in [-0.2, -0.15) is 0 Å². The van der Waals surface area contributed by atoms with E-state index in [1.807, 2.05) is 0 Å². The van der Waals surface area contributed by atoms with Crippen LogP contribution in [0.3, 0.4) is 0 Å². The summed E-state index contributed by atoms with van der Waals surface area (Å²) >= 11 is 1.51. The van der Waals surface area contributed by atoms with Crippen molar-refractivity contribution >= 4 is 23.4 Å². The lowest BCUT2D eigenvalue weighted by Gasteiger charge is -2.57. The largest absolute Gasteiger partial charge is 0.326 e. The lowest BCUT2D eigenvalue weighted by Crippen LogP contribution is -2.48. The number of benzene rings is 1. The standard InChI is InChI=1S/C21H26N4OS/c26-19(5-6-27-20-22-13-23-25-20)24-18-3-1-17(2-4-18)21-10-14-7-15(11-21)9-16(8-14)12-21/h1-4,13-16H,5-12H2,(H,24,26)(H,22,23,25). The van der Waals surface area contributed by atoms with Gasteiger partial charge in [-0.05, 0) is 79.4 Å². The molecule has 2 aromatic rings. The van der Waals surface area contributed by atoms with Crippen molar-refractivity contribution in [3.63, 3.8) is 0 Å². The maximum atomic E-state index is 12.2. The van der Waals surface area contributed by atoms with E-state index in [1.165, 1.54) is 55.9 Å². The maximum absolute atomic E-state index is 12.2. The molecule has 0 unspecified atom stereocenters. The van der Waals surface area contributed by atoms with Gasteiger partial charge in [0.05, 0.1) is 0 Å². The van der Waals surface area contributed by atoms with Crippen LogP contribution in [0.25, 0.3) is 0 Å². The van der Waals surface area contributed by atoms with E-state index in [-0.39, 0.29) is 5.91 Å². The van der Waals surface area contributed by atoms with Crippen molar-refractivity contribution in [1.29, 1.82) is 0 Å². The van der Waals surface area contributed by atoms with Gasteiger partial charge in [-0.3, -0.25) is 4.79 Å². The van der Waals surface area contributed by atoms with E-state index >= 15 is 0 Å². The summed E-state index contributed by atoms with van der Waals surface area (Å²) in [6, 6.07) is 8.73. The fourth-order valence-corrected chi connectivity index (χ4v) is 6.82. The maximum Gasteiger partial charge on any atom is 0.225 e. The molecule has 2 N–H and O–H groups in total. The number of hydrogen-bond donors (Lipinski definition) is 2. The highest BCUT2D eigenvalue weighted by Crippen LogP contribution is 2.60. The van der Waals surface area contributed by atoms with E-state index in [9.17, 15) is 4.79 Å². The molecule has 4 bridgehead atoms. The number of carbonyl (C=O) groups is 1. The summed E-state index contributed by atoms with van der Waals surface area (Å²) in [4.78, 5) is 15.1. The van der Waals surface area contributed by atoms with Crippen LogP contribution < -0.4 is 5.32 Å². The molecule has 27 heavy (non-hydrogen) atoms. The Labute approximate surface area is 164 Å².